The van der Waals surface area contributed by atoms with Gasteiger partial charge in [0.25, 0.3) is 0 Å². The molecule has 6 heteroatoms. The van der Waals surface area contributed by atoms with Gasteiger partial charge in [-0.3, -0.25) is 0 Å². The molecule has 0 aliphatic heterocycles. The van der Waals surface area contributed by atoms with Crippen LogP contribution < -0.4 is 5.73 Å². The summed E-state index contributed by atoms with van der Waals surface area (Å²) in [5, 5.41) is 8.55. The SMILES string of the molecule is CC(N)CSCc1nnc(Cl)s1. The smallest absolute Gasteiger partial charge is 0.207 e. The van der Waals surface area contributed by atoms with Gasteiger partial charge >= 0.3 is 0 Å². The van der Waals surface area contributed by atoms with Gasteiger partial charge in [0.1, 0.15) is 5.01 Å². The third-order valence-electron chi connectivity index (χ3n) is 1.05. The summed E-state index contributed by atoms with van der Waals surface area (Å²) in [6, 6.07) is 0.235. The minimum atomic E-state index is 0.235. The van der Waals surface area contributed by atoms with E-state index in [4.69, 9.17) is 17.3 Å². The molecule has 2 N–H and O–H groups in total. The zero-order valence-corrected chi connectivity index (χ0v) is 9.05. The van der Waals surface area contributed by atoms with Gasteiger partial charge in [0.2, 0.25) is 4.47 Å². The molecule has 0 amide bonds. The van der Waals surface area contributed by atoms with Gasteiger partial charge in [0.15, 0.2) is 0 Å². The summed E-state index contributed by atoms with van der Waals surface area (Å²) in [4.78, 5) is 0. The minimum absolute atomic E-state index is 0.235. The molecule has 3 nitrogen and oxygen atoms in total. The average molecular weight is 224 g/mol. The van der Waals surface area contributed by atoms with Gasteiger partial charge in [-0.05, 0) is 18.5 Å². The lowest BCUT2D eigenvalue weighted by molar-refractivity contribution is 0.847. The molecule has 1 aromatic heterocycles. The Morgan fingerprint density at radius 3 is 2.92 bits per heavy atom. The Balaban J connectivity index is 2.24. The molecule has 0 spiro atoms. The molecule has 0 saturated heterocycles. The van der Waals surface area contributed by atoms with Crippen LogP contribution in [0.3, 0.4) is 0 Å². The number of nitrogens with zero attached hydrogens (tertiary/aromatic N) is 2. The van der Waals surface area contributed by atoms with Crippen molar-refractivity contribution in [1.29, 1.82) is 0 Å². The second-order valence-electron chi connectivity index (χ2n) is 2.44. The number of hydrogen-bond donors (Lipinski definition) is 1. The summed E-state index contributed by atoms with van der Waals surface area (Å²) in [7, 11) is 0. The topological polar surface area (TPSA) is 51.8 Å². The molecule has 68 valence electrons. The summed E-state index contributed by atoms with van der Waals surface area (Å²) in [6.07, 6.45) is 0. The Morgan fingerprint density at radius 2 is 2.42 bits per heavy atom. The lowest BCUT2D eigenvalue weighted by Gasteiger charge is -2.01. The summed E-state index contributed by atoms with van der Waals surface area (Å²) in [6.45, 7) is 1.99. The van der Waals surface area contributed by atoms with Crippen LogP contribution in [0.1, 0.15) is 11.9 Å². The number of halogens is 1. The van der Waals surface area contributed by atoms with Crippen LogP contribution in [0.5, 0.6) is 0 Å². The van der Waals surface area contributed by atoms with Crippen molar-refractivity contribution in [2.45, 2.75) is 18.7 Å². The predicted molar refractivity (Wildman–Crippen MR) is 54.7 cm³/mol. The zero-order chi connectivity index (χ0) is 8.97. The van der Waals surface area contributed by atoms with E-state index in [0.29, 0.717) is 4.47 Å². The summed E-state index contributed by atoms with van der Waals surface area (Å²) < 4.78 is 0.506. The van der Waals surface area contributed by atoms with E-state index in [1.54, 1.807) is 11.8 Å². The lowest BCUT2D eigenvalue weighted by atomic mass is 10.4. The number of nitrogens with two attached hydrogens (primary N) is 1. The Kier molecular flexibility index (Phi) is 4.28. The van der Waals surface area contributed by atoms with E-state index in [-0.39, 0.29) is 6.04 Å². The first-order valence-corrected chi connectivity index (χ1v) is 5.84. The minimum Gasteiger partial charge on any atom is -0.327 e. The van der Waals surface area contributed by atoms with E-state index in [2.05, 4.69) is 10.2 Å². The van der Waals surface area contributed by atoms with Crippen LogP contribution in [0, 0.1) is 0 Å². The van der Waals surface area contributed by atoms with Crippen LogP contribution in [-0.2, 0) is 5.75 Å². The fourth-order valence-electron chi connectivity index (χ4n) is 0.624. The second-order valence-corrected chi connectivity index (χ2v) is 5.12. The fourth-order valence-corrected chi connectivity index (χ4v) is 2.49. The van der Waals surface area contributed by atoms with Gasteiger partial charge in [0.05, 0.1) is 0 Å². The molecule has 1 aromatic rings. The Morgan fingerprint density at radius 1 is 1.67 bits per heavy atom. The molecule has 0 aliphatic rings. The highest BCUT2D eigenvalue weighted by Crippen LogP contribution is 2.19. The highest BCUT2D eigenvalue weighted by atomic mass is 35.5. The van der Waals surface area contributed by atoms with E-state index in [0.717, 1.165) is 16.5 Å². The van der Waals surface area contributed by atoms with Crippen LogP contribution >= 0.6 is 34.7 Å². The third kappa shape index (κ3) is 3.71. The molecule has 0 radical (unpaired) electrons. The van der Waals surface area contributed by atoms with E-state index in [1.807, 2.05) is 6.92 Å². The number of rotatable bonds is 4. The normalized spacial score (nSPS) is 13.2. The maximum Gasteiger partial charge on any atom is 0.207 e. The van der Waals surface area contributed by atoms with Crippen molar-refractivity contribution in [3.8, 4) is 0 Å². The third-order valence-corrected chi connectivity index (χ3v) is 3.49. The van der Waals surface area contributed by atoms with Crippen molar-refractivity contribution in [3.63, 3.8) is 0 Å². The molecule has 12 heavy (non-hydrogen) atoms. The van der Waals surface area contributed by atoms with E-state index in [1.165, 1.54) is 11.3 Å². The van der Waals surface area contributed by atoms with Crippen LogP contribution in [0.2, 0.25) is 4.47 Å². The van der Waals surface area contributed by atoms with Gasteiger partial charge in [-0.15, -0.1) is 10.2 Å². The van der Waals surface area contributed by atoms with E-state index < -0.39 is 0 Å². The molecule has 0 fully saturated rings. The highest BCUT2D eigenvalue weighted by molar-refractivity contribution is 7.98. The van der Waals surface area contributed by atoms with Gasteiger partial charge in [0, 0.05) is 17.5 Å². The van der Waals surface area contributed by atoms with E-state index >= 15 is 0 Å². The molecule has 0 aromatic carbocycles. The van der Waals surface area contributed by atoms with Gasteiger partial charge in [-0.2, -0.15) is 11.8 Å². The van der Waals surface area contributed by atoms with Crippen LogP contribution in [-0.4, -0.2) is 22.0 Å². The summed E-state index contributed by atoms with van der Waals surface area (Å²) in [5.74, 6) is 1.79. The van der Waals surface area contributed by atoms with Crippen LogP contribution in [0.25, 0.3) is 0 Å². The standard InChI is InChI=1S/C6H10ClN3S2/c1-4(8)2-11-3-5-9-10-6(7)12-5/h4H,2-3,8H2,1H3. The van der Waals surface area contributed by atoms with E-state index in [9.17, 15) is 0 Å². The molecule has 0 bridgehead atoms. The maximum absolute atomic E-state index is 5.61. The molecular formula is C6H10ClN3S2. The number of thioether (sulfide) groups is 1. The maximum atomic E-state index is 5.61. The second kappa shape index (κ2) is 5.01. The molecule has 1 heterocycles. The molecule has 1 rings (SSSR count). The first kappa shape index (κ1) is 10.2. The number of hydrogen-bond acceptors (Lipinski definition) is 5. The molecule has 1 atom stereocenters. The van der Waals surface area contributed by atoms with Crippen molar-refractivity contribution < 1.29 is 0 Å². The van der Waals surface area contributed by atoms with Crippen molar-refractivity contribution >= 4 is 34.7 Å². The van der Waals surface area contributed by atoms with Crippen molar-refractivity contribution in [1.82, 2.24) is 10.2 Å². The van der Waals surface area contributed by atoms with Crippen molar-refractivity contribution in [2.75, 3.05) is 5.75 Å². The molecule has 1 unspecified atom stereocenters. The summed E-state index contributed by atoms with van der Waals surface area (Å²) >= 11 is 8.79. The van der Waals surface area contributed by atoms with Gasteiger partial charge in [-0.1, -0.05) is 11.3 Å². The molecular weight excluding hydrogens is 214 g/mol. The highest BCUT2D eigenvalue weighted by Gasteiger charge is 2.02. The Bertz CT molecular complexity index is 238. The predicted octanol–water partition coefficient (Wildman–Crippen LogP) is 1.77. The van der Waals surface area contributed by atoms with Gasteiger partial charge < -0.3 is 5.73 Å². The fraction of sp³-hybridized carbons (Fsp3) is 0.667. The largest absolute Gasteiger partial charge is 0.327 e. The van der Waals surface area contributed by atoms with Crippen LogP contribution in [0.4, 0.5) is 0 Å². The van der Waals surface area contributed by atoms with Gasteiger partial charge in [-0.25, -0.2) is 0 Å². The summed E-state index contributed by atoms with van der Waals surface area (Å²) in [5.41, 5.74) is 5.58. The van der Waals surface area contributed by atoms with Crippen molar-refractivity contribution in [2.24, 2.45) is 5.73 Å². The number of aromatic nitrogens is 2. The molecule has 0 saturated carbocycles. The Hall–Kier alpha value is 0.160. The monoisotopic (exact) mass is 223 g/mol. The van der Waals surface area contributed by atoms with Crippen molar-refractivity contribution in [3.05, 3.63) is 9.47 Å². The first-order chi connectivity index (χ1) is 5.68. The van der Waals surface area contributed by atoms with Crippen LogP contribution in [0.15, 0.2) is 0 Å². The quantitative estimate of drug-likeness (QED) is 0.846. The zero-order valence-electron chi connectivity index (χ0n) is 6.66. The first-order valence-electron chi connectivity index (χ1n) is 3.49. The molecule has 0 aliphatic carbocycles. The lowest BCUT2D eigenvalue weighted by Crippen LogP contribution is -2.17. The average Bonchev–Trinajstić information content (AvgIpc) is 2.35. The Labute approximate surface area is 84.7 Å².